The molecule has 1 aromatic rings. The van der Waals surface area contributed by atoms with Crippen LogP contribution < -0.4 is 15.8 Å². The zero-order valence-electron chi connectivity index (χ0n) is 10.6. The summed E-state index contributed by atoms with van der Waals surface area (Å²) in [6.45, 7) is 6.28. The van der Waals surface area contributed by atoms with Gasteiger partial charge in [0.1, 0.15) is 5.75 Å². The van der Waals surface area contributed by atoms with E-state index in [-0.39, 0.29) is 5.91 Å². The number of benzene rings is 1. The summed E-state index contributed by atoms with van der Waals surface area (Å²) >= 11 is 0. The minimum Gasteiger partial charge on any atom is -0.481 e. The molecular weight excluding hydrogens is 216 g/mol. The smallest absolute Gasteiger partial charge is 0.260 e. The first kappa shape index (κ1) is 13.4. The van der Waals surface area contributed by atoms with E-state index in [1.165, 1.54) is 0 Å². The molecule has 0 heterocycles. The average Bonchev–Trinajstić information content (AvgIpc) is 2.31. The summed E-state index contributed by atoms with van der Waals surface area (Å²) in [6.07, 6.45) is 0.400. The Hall–Kier alpha value is -1.71. The summed E-state index contributed by atoms with van der Waals surface area (Å²) in [7, 11) is 0. The van der Waals surface area contributed by atoms with Crippen LogP contribution in [0.1, 0.15) is 25.8 Å². The van der Waals surface area contributed by atoms with E-state index in [0.717, 1.165) is 12.0 Å². The number of nitrogen functional groups attached to an aromatic ring is 1. The minimum absolute atomic E-state index is 0.103. The highest BCUT2D eigenvalue weighted by Gasteiger charge is 2.15. The van der Waals surface area contributed by atoms with Crippen LogP contribution >= 0.6 is 0 Å². The molecule has 1 unspecified atom stereocenters. The number of hydrogen-bond acceptors (Lipinski definition) is 3. The number of rotatable bonds is 5. The number of hydrogen-bond donors (Lipinski definition) is 2. The lowest BCUT2D eigenvalue weighted by atomic mass is 10.2. The Balaban J connectivity index is 2.64. The molecule has 0 aliphatic heterocycles. The molecule has 4 nitrogen and oxygen atoms in total. The van der Waals surface area contributed by atoms with Crippen LogP contribution in [0.5, 0.6) is 5.75 Å². The Morgan fingerprint density at radius 2 is 2.24 bits per heavy atom. The van der Waals surface area contributed by atoms with Gasteiger partial charge in [0.15, 0.2) is 6.10 Å². The van der Waals surface area contributed by atoms with Gasteiger partial charge in [0, 0.05) is 17.8 Å². The van der Waals surface area contributed by atoms with E-state index in [1.807, 2.05) is 32.0 Å². The molecule has 94 valence electrons. The van der Waals surface area contributed by atoms with E-state index in [2.05, 4.69) is 5.32 Å². The molecule has 3 N–H and O–H groups in total. The molecular formula is C13H20N2O2. The number of anilines is 1. The third-order valence-corrected chi connectivity index (χ3v) is 2.55. The van der Waals surface area contributed by atoms with Crippen LogP contribution in [-0.4, -0.2) is 18.6 Å². The van der Waals surface area contributed by atoms with Crippen LogP contribution in [0, 0.1) is 6.92 Å². The van der Waals surface area contributed by atoms with Gasteiger partial charge in [-0.1, -0.05) is 13.0 Å². The summed E-state index contributed by atoms with van der Waals surface area (Å²) in [5, 5.41) is 2.79. The summed E-state index contributed by atoms with van der Waals surface area (Å²) in [5.41, 5.74) is 7.31. The number of ether oxygens (including phenoxy) is 1. The number of carbonyl (C=O) groups excluding carboxylic acids is 1. The monoisotopic (exact) mass is 236 g/mol. The number of amides is 1. The second-order valence-electron chi connectivity index (χ2n) is 4.02. The van der Waals surface area contributed by atoms with E-state index in [1.54, 1.807) is 6.92 Å². The summed E-state index contributed by atoms with van der Waals surface area (Å²) in [4.78, 5) is 11.6. The SMILES string of the molecule is CCCNC(=O)C(C)Oc1cccc(N)c1C. The molecule has 0 fully saturated rings. The standard InChI is InChI=1S/C13H20N2O2/c1-4-8-15-13(16)10(3)17-12-7-5-6-11(14)9(12)2/h5-7,10H,4,8,14H2,1-3H3,(H,15,16). The highest BCUT2D eigenvalue weighted by molar-refractivity contribution is 5.80. The highest BCUT2D eigenvalue weighted by Crippen LogP contribution is 2.23. The van der Waals surface area contributed by atoms with Crippen molar-refractivity contribution >= 4 is 11.6 Å². The Labute approximate surface area is 102 Å². The Bertz CT molecular complexity index is 391. The molecule has 0 aliphatic carbocycles. The fourth-order valence-electron chi connectivity index (χ4n) is 1.40. The molecule has 0 aliphatic rings. The fourth-order valence-corrected chi connectivity index (χ4v) is 1.40. The van der Waals surface area contributed by atoms with Crippen LogP contribution in [-0.2, 0) is 4.79 Å². The molecule has 0 saturated heterocycles. The van der Waals surface area contributed by atoms with Crippen LogP contribution in [0.2, 0.25) is 0 Å². The first-order chi connectivity index (χ1) is 8.06. The maximum Gasteiger partial charge on any atom is 0.260 e. The van der Waals surface area contributed by atoms with Crippen LogP contribution in [0.3, 0.4) is 0 Å². The zero-order chi connectivity index (χ0) is 12.8. The van der Waals surface area contributed by atoms with Gasteiger partial charge in [-0.3, -0.25) is 4.79 Å². The van der Waals surface area contributed by atoms with Crippen molar-refractivity contribution in [3.8, 4) is 5.75 Å². The third kappa shape index (κ3) is 3.66. The van der Waals surface area contributed by atoms with Crippen LogP contribution in [0.15, 0.2) is 18.2 Å². The predicted molar refractivity (Wildman–Crippen MR) is 69.0 cm³/mol. The van der Waals surface area contributed by atoms with Crippen molar-refractivity contribution in [3.63, 3.8) is 0 Å². The van der Waals surface area contributed by atoms with E-state index >= 15 is 0 Å². The van der Waals surface area contributed by atoms with E-state index in [4.69, 9.17) is 10.5 Å². The van der Waals surface area contributed by atoms with Gasteiger partial charge in [0.2, 0.25) is 0 Å². The lowest BCUT2D eigenvalue weighted by Crippen LogP contribution is -2.36. The molecule has 1 amide bonds. The zero-order valence-corrected chi connectivity index (χ0v) is 10.6. The van der Waals surface area contributed by atoms with Crippen molar-refractivity contribution in [1.82, 2.24) is 5.32 Å². The highest BCUT2D eigenvalue weighted by atomic mass is 16.5. The van der Waals surface area contributed by atoms with E-state index < -0.39 is 6.10 Å². The number of carbonyl (C=O) groups is 1. The average molecular weight is 236 g/mol. The maximum absolute atomic E-state index is 11.6. The van der Waals surface area contributed by atoms with Crippen molar-refractivity contribution in [1.29, 1.82) is 0 Å². The second kappa shape index (κ2) is 6.13. The Morgan fingerprint density at radius 3 is 2.88 bits per heavy atom. The first-order valence-electron chi connectivity index (χ1n) is 5.85. The first-order valence-corrected chi connectivity index (χ1v) is 5.85. The molecule has 0 aromatic heterocycles. The van der Waals surface area contributed by atoms with E-state index in [9.17, 15) is 4.79 Å². The van der Waals surface area contributed by atoms with Gasteiger partial charge in [-0.05, 0) is 32.4 Å². The molecule has 0 bridgehead atoms. The van der Waals surface area contributed by atoms with E-state index in [0.29, 0.717) is 18.0 Å². The molecule has 4 heteroatoms. The second-order valence-corrected chi connectivity index (χ2v) is 4.02. The number of nitrogens with two attached hydrogens (primary N) is 1. The molecule has 17 heavy (non-hydrogen) atoms. The molecule has 1 aromatic carbocycles. The van der Waals surface area contributed by atoms with Crippen LogP contribution in [0.4, 0.5) is 5.69 Å². The normalized spacial score (nSPS) is 11.9. The van der Waals surface area contributed by atoms with Gasteiger partial charge in [-0.2, -0.15) is 0 Å². The topological polar surface area (TPSA) is 64.3 Å². The Morgan fingerprint density at radius 1 is 1.53 bits per heavy atom. The molecule has 0 saturated carbocycles. The lowest BCUT2D eigenvalue weighted by molar-refractivity contribution is -0.127. The van der Waals surface area contributed by atoms with Gasteiger partial charge >= 0.3 is 0 Å². The predicted octanol–water partition coefficient (Wildman–Crippen LogP) is 1.87. The summed E-state index contributed by atoms with van der Waals surface area (Å²) in [5.74, 6) is 0.554. The largest absolute Gasteiger partial charge is 0.481 e. The van der Waals surface area contributed by atoms with Gasteiger partial charge in [-0.15, -0.1) is 0 Å². The maximum atomic E-state index is 11.6. The third-order valence-electron chi connectivity index (χ3n) is 2.55. The summed E-state index contributed by atoms with van der Waals surface area (Å²) in [6, 6.07) is 5.44. The van der Waals surface area contributed by atoms with Crippen molar-refractivity contribution < 1.29 is 9.53 Å². The van der Waals surface area contributed by atoms with Crippen LogP contribution in [0.25, 0.3) is 0 Å². The van der Waals surface area contributed by atoms with Gasteiger partial charge in [0.05, 0.1) is 0 Å². The number of nitrogens with one attached hydrogen (secondary N) is 1. The van der Waals surface area contributed by atoms with Gasteiger partial charge < -0.3 is 15.8 Å². The molecule has 1 rings (SSSR count). The molecule has 0 radical (unpaired) electrons. The lowest BCUT2D eigenvalue weighted by Gasteiger charge is -2.16. The van der Waals surface area contributed by atoms with Gasteiger partial charge in [0.25, 0.3) is 5.91 Å². The summed E-state index contributed by atoms with van der Waals surface area (Å²) < 4.78 is 5.59. The molecule has 1 atom stereocenters. The van der Waals surface area contributed by atoms with Crippen molar-refractivity contribution in [3.05, 3.63) is 23.8 Å². The van der Waals surface area contributed by atoms with Crippen molar-refractivity contribution in [2.45, 2.75) is 33.3 Å². The fraction of sp³-hybridized carbons (Fsp3) is 0.462. The van der Waals surface area contributed by atoms with Crippen molar-refractivity contribution in [2.24, 2.45) is 0 Å². The quantitative estimate of drug-likeness (QED) is 0.767. The van der Waals surface area contributed by atoms with Crippen molar-refractivity contribution in [2.75, 3.05) is 12.3 Å². The Kier molecular flexibility index (Phi) is 4.82. The van der Waals surface area contributed by atoms with Gasteiger partial charge in [-0.25, -0.2) is 0 Å². The minimum atomic E-state index is -0.512. The molecule has 0 spiro atoms.